The molecule has 0 atom stereocenters. The van der Waals surface area contributed by atoms with Crippen molar-refractivity contribution in [3.8, 4) is 11.3 Å². The number of nitro groups is 1. The fourth-order valence-electron chi connectivity index (χ4n) is 3.90. The second-order valence-electron chi connectivity index (χ2n) is 7.26. The first kappa shape index (κ1) is 19.6. The van der Waals surface area contributed by atoms with Gasteiger partial charge in [-0.15, -0.1) is 0 Å². The molecule has 0 unspecified atom stereocenters. The molecule has 2 heterocycles. The van der Waals surface area contributed by atoms with E-state index in [0.717, 1.165) is 24.2 Å². The molecule has 2 aliphatic rings. The van der Waals surface area contributed by atoms with Crippen LogP contribution in [0, 0.1) is 10.1 Å². The molecule has 154 valence electrons. The standard InChI is InChI=1S/C21H19N3O6/c25-19-16(20(26)23(21(27)22-19)13-6-2-1-3-7-13)12-14-10-11-18(30-14)15-8-4-5-9-17(15)24(28)29/h4-5,8-13H,1-3,6-7H2,(H,22,25,27). The molecule has 1 saturated heterocycles. The Morgan fingerprint density at radius 1 is 1.07 bits per heavy atom. The molecule has 2 aromatic rings. The normalized spacial score (nSPS) is 19.3. The van der Waals surface area contributed by atoms with Gasteiger partial charge in [-0.2, -0.15) is 0 Å². The minimum Gasteiger partial charge on any atom is -0.456 e. The third-order valence-electron chi connectivity index (χ3n) is 5.35. The zero-order chi connectivity index (χ0) is 21.3. The first-order valence-electron chi connectivity index (χ1n) is 9.70. The average Bonchev–Trinajstić information content (AvgIpc) is 3.20. The van der Waals surface area contributed by atoms with Crippen LogP contribution in [0.4, 0.5) is 10.5 Å². The van der Waals surface area contributed by atoms with Crippen LogP contribution in [0.2, 0.25) is 0 Å². The van der Waals surface area contributed by atoms with E-state index in [0.29, 0.717) is 12.8 Å². The maximum atomic E-state index is 12.9. The fourth-order valence-corrected chi connectivity index (χ4v) is 3.90. The molecule has 1 N–H and O–H groups in total. The maximum absolute atomic E-state index is 12.9. The molecule has 1 aliphatic heterocycles. The lowest BCUT2D eigenvalue weighted by Gasteiger charge is -2.35. The topological polar surface area (TPSA) is 123 Å². The van der Waals surface area contributed by atoms with Crippen LogP contribution < -0.4 is 5.32 Å². The summed E-state index contributed by atoms with van der Waals surface area (Å²) in [6.45, 7) is 0. The first-order chi connectivity index (χ1) is 14.5. The lowest BCUT2D eigenvalue weighted by molar-refractivity contribution is -0.384. The van der Waals surface area contributed by atoms with Gasteiger partial charge in [-0.05, 0) is 37.1 Å². The minimum absolute atomic E-state index is 0.119. The summed E-state index contributed by atoms with van der Waals surface area (Å²) in [5.41, 5.74) is -0.0409. The van der Waals surface area contributed by atoms with Crippen LogP contribution in [0.3, 0.4) is 0 Å². The van der Waals surface area contributed by atoms with E-state index in [1.165, 1.54) is 24.3 Å². The molecular weight excluding hydrogens is 390 g/mol. The molecule has 1 aromatic heterocycles. The van der Waals surface area contributed by atoms with Gasteiger partial charge in [-0.1, -0.05) is 31.4 Å². The molecule has 4 rings (SSSR count). The van der Waals surface area contributed by atoms with Crippen molar-refractivity contribution in [2.75, 3.05) is 0 Å². The molecule has 30 heavy (non-hydrogen) atoms. The first-order valence-corrected chi connectivity index (χ1v) is 9.70. The van der Waals surface area contributed by atoms with Gasteiger partial charge in [-0.3, -0.25) is 29.9 Å². The number of furan rings is 1. The molecule has 1 aliphatic carbocycles. The summed E-state index contributed by atoms with van der Waals surface area (Å²) >= 11 is 0. The van der Waals surface area contributed by atoms with Crippen LogP contribution in [-0.2, 0) is 9.59 Å². The molecule has 9 heteroatoms. The van der Waals surface area contributed by atoms with Crippen LogP contribution in [0.1, 0.15) is 37.9 Å². The van der Waals surface area contributed by atoms with Gasteiger partial charge in [0.05, 0.1) is 10.5 Å². The number of benzene rings is 1. The zero-order valence-corrected chi connectivity index (χ0v) is 16.0. The van der Waals surface area contributed by atoms with Crippen LogP contribution >= 0.6 is 0 Å². The Morgan fingerprint density at radius 2 is 1.80 bits per heavy atom. The Balaban J connectivity index is 1.64. The summed E-state index contributed by atoms with van der Waals surface area (Å²) in [6.07, 6.45) is 5.59. The highest BCUT2D eigenvalue weighted by Gasteiger charge is 2.40. The van der Waals surface area contributed by atoms with Crippen LogP contribution in [0.15, 0.2) is 46.4 Å². The molecule has 9 nitrogen and oxygen atoms in total. The Kier molecular flexibility index (Phi) is 5.18. The molecule has 0 radical (unpaired) electrons. The third-order valence-corrected chi connectivity index (χ3v) is 5.35. The number of urea groups is 1. The number of amides is 4. The SMILES string of the molecule is O=C1NC(=O)N(C2CCCCC2)C(=O)C1=Cc1ccc(-c2ccccc2[N+](=O)[O-])o1. The summed E-state index contributed by atoms with van der Waals surface area (Å²) in [5, 5.41) is 13.5. The lowest BCUT2D eigenvalue weighted by atomic mass is 9.93. The molecule has 2 fully saturated rings. The highest BCUT2D eigenvalue weighted by atomic mass is 16.6. The molecule has 1 saturated carbocycles. The van der Waals surface area contributed by atoms with E-state index in [9.17, 15) is 24.5 Å². The number of para-hydroxylation sites is 1. The summed E-state index contributed by atoms with van der Waals surface area (Å²) in [7, 11) is 0. The van der Waals surface area contributed by atoms with E-state index in [1.807, 2.05) is 0 Å². The van der Waals surface area contributed by atoms with Gasteiger partial charge in [0, 0.05) is 12.1 Å². The average molecular weight is 409 g/mol. The van der Waals surface area contributed by atoms with Crippen molar-refractivity contribution in [2.45, 2.75) is 38.1 Å². The number of hydrogen-bond donors (Lipinski definition) is 1. The van der Waals surface area contributed by atoms with E-state index < -0.39 is 22.8 Å². The Labute approximate surface area is 171 Å². The maximum Gasteiger partial charge on any atom is 0.331 e. The van der Waals surface area contributed by atoms with Gasteiger partial charge >= 0.3 is 6.03 Å². The molecule has 1 aromatic carbocycles. The van der Waals surface area contributed by atoms with Crippen molar-refractivity contribution >= 4 is 29.6 Å². The van der Waals surface area contributed by atoms with Crippen molar-refractivity contribution in [2.24, 2.45) is 0 Å². The van der Waals surface area contributed by atoms with Gasteiger partial charge in [0.15, 0.2) is 0 Å². The second kappa shape index (κ2) is 7.94. The van der Waals surface area contributed by atoms with E-state index in [2.05, 4.69) is 5.32 Å². The quantitative estimate of drug-likeness (QED) is 0.356. The van der Waals surface area contributed by atoms with Crippen molar-refractivity contribution in [3.63, 3.8) is 0 Å². The number of barbiturate groups is 1. The van der Waals surface area contributed by atoms with E-state index in [-0.39, 0.29) is 34.4 Å². The predicted molar refractivity (Wildman–Crippen MR) is 106 cm³/mol. The molecular formula is C21H19N3O6. The highest BCUT2D eigenvalue weighted by molar-refractivity contribution is 6.31. The third kappa shape index (κ3) is 3.61. The highest BCUT2D eigenvalue weighted by Crippen LogP contribution is 2.32. The largest absolute Gasteiger partial charge is 0.456 e. The summed E-state index contributed by atoms with van der Waals surface area (Å²) in [6, 6.07) is 8.23. The lowest BCUT2D eigenvalue weighted by Crippen LogP contribution is -2.58. The van der Waals surface area contributed by atoms with E-state index >= 15 is 0 Å². The zero-order valence-electron chi connectivity index (χ0n) is 16.0. The summed E-state index contributed by atoms with van der Waals surface area (Å²) < 4.78 is 5.65. The Morgan fingerprint density at radius 3 is 2.53 bits per heavy atom. The van der Waals surface area contributed by atoms with Gasteiger partial charge in [-0.25, -0.2) is 4.79 Å². The number of carbonyl (C=O) groups excluding carboxylic acids is 3. The number of nitrogens with zero attached hydrogens (tertiary/aromatic N) is 2. The van der Waals surface area contributed by atoms with Gasteiger partial charge in [0.1, 0.15) is 17.1 Å². The number of nitrogens with one attached hydrogen (secondary N) is 1. The van der Waals surface area contributed by atoms with Crippen LogP contribution in [0.5, 0.6) is 0 Å². The number of imide groups is 2. The number of carbonyl (C=O) groups is 3. The fraction of sp³-hybridized carbons (Fsp3) is 0.286. The van der Waals surface area contributed by atoms with Gasteiger partial charge in [0.2, 0.25) is 0 Å². The van der Waals surface area contributed by atoms with Crippen LogP contribution in [-0.4, -0.2) is 33.7 Å². The number of hydrogen-bond acceptors (Lipinski definition) is 6. The van der Waals surface area contributed by atoms with Gasteiger partial charge < -0.3 is 4.42 Å². The number of nitro benzene ring substituents is 1. The molecule has 4 amide bonds. The molecule has 0 bridgehead atoms. The Hall–Kier alpha value is -3.75. The number of rotatable bonds is 4. The minimum atomic E-state index is -0.791. The smallest absolute Gasteiger partial charge is 0.331 e. The van der Waals surface area contributed by atoms with Gasteiger partial charge in [0.25, 0.3) is 17.5 Å². The Bertz CT molecular complexity index is 1060. The monoisotopic (exact) mass is 409 g/mol. The van der Waals surface area contributed by atoms with Crippen molar-refractivity contribution in [3.05, 3.63) is 57.8 Å². The van der Waals surface area contributed by atoms with E-state index in [4.69, 9.17) is 4.42 Å². The van der Waals surface area contributed by atoms with Crippen LogP contribution in [0.25, 0.3) is 17.4 Å². The van der Waals surface area contributed by atoms with Crippen molar-refractivity contribution in [1.82, 2.24) is 10.2 Å². The second-order valence-corrected chi connectivity index (χ2v) is 7.26. The predicted octanol–water partition coefficient (Wildman–Crippen LogP) is 3.65. The summed E-state index contributed by atoms with van der Waals surface area (Å²) in [4.78, 5) is 49.3. The summed E-state index contributed by atoms with van der Waals surface area (Å²) in [5.74, 6) is -1.03. The molecule has 0 spiro atoms. The van der Waals surface area contributed by atoms with Crippen molar-refractivity contribution < 1.29 is 23.7 Å². The van der Waals surface area contributed by atoms with E-state index in [1.54, 1.807) is 18.2 Å². The van der Waals surface area contributed by atoms with Crippen molar-refractivity contribution in [1.29, 1.82) is 0 Å².